The second-order valence-electron chi connectivity index (χ2n) is 4.05. The van der Waals surface area contributed by atoms with Crippen LogP contribution in [0.1, 0.15) is 12.8 Å². The van der Waals surface area contributed by atoms with Gasteiger partial charge in [0, 0.05) is 39.8 Å². The Hall–Kier alpha value is -0.810. The van der Waals surface area contributed by atoms with Gasteiger partial charge in [-0.2, -0.15) is 0 Å². The van der Waals surface area contributed by atoms with Crippen molar-refractivity contribution in [3.8, 4) is 0 Å². The number of nitrogens with one attached hydrogen (secondary N) is 2. The van der Waals surface area contributed by atoms with Gasteiger partial charge in [0.2, 0.25) is 0 Å². The van der Waals surface area contributed by atoms with Gasteiger partial charge in [0.1, 0.15) is 5.60 Å². The van der Waals surface area contributed by atoms with Crippen LogP contribution in [-0.2, 0) is 9.47 Å². The van der Waals surface area contributed by atoms with Crippen LogP contribution in [0.15, 0.2) is 4.99 Å². The molecule has 1 atom stereocenters. The molecule has 0 saturated carbocycles. The van der Waals surface area contributed by atoms with E-state index >= 15 is 0 Å². The molecule has 1 saturated heterocycles. The highest BCUT2D eigenvalue weighted by Gasteiger charge is 2.35. The molecular weight excluding hydrogens is 194 g/mol. The lowest BCUT2D eigenvalue weighted by atomic mass is 10.0. The van der Waals surface area contributed by atoms with Gasteiger partial charge in [-0.15, -0.1) is 0 Å². The molecule has 15 heavy (non-hydrogen) atoms. The molecule has 1 unspecified atom stereocenters. The van der Waals surface area contributed by atoms with Crippen molar-refractivity contribution in [3.63, 3.8) is 0 Å². The highest BCUT2D eigenvalue weighted by molar-refractivity contribution is 5.80. The van der Waals surface area contributed by atoms with Crippen molar-refractivity contribution in [1.82, 2.24) is 10.6 Å². The third-order valence-electron chi connectivity index (χ3n) is 2.98. The quantitative estimate of drug-likeness (QED) is 0.677. The van der Waals surface area contributed by atoms with Crippen LogP contribution in [0, 0.1) is 0 Å². The lowest BCUT2D eigenvalue weighted by Crippen LogP contribution is -2.49. The fourth-order valence-corrected chi connectivity index (χ4v) is 1.86. The van der Waals surface area contributed by atoms with Crippen LogP contribution in [-0.4, -0.2) is 51.5 Å². The van der Waals surface area contributed by atoms with Crippen molar-refractivity contribution < 1.29 is 9.47 Å². The van der Waals surface area contributed by atoms with Crippen LogP contribution in [0.4, 0.5) is 0 Å². The Morgan fingerprint density at radius 3 is 3.20 bits per heavy atom. The zero-order valence-corrected chi connectivity index (χ0v) is 9.21. The van der Waals surface area contributed by atoms with Gasteiger partial charge in [-0.05, 0) is 6.42 Å². The Morgan fingerprint density at radius 1 is 1.67 bits per heavy atom. The number of hydrogen-bond acceptors (Lipinski definition) is 5. The van der Waals surface area contributed by atoms with Gasteiger partial charge in [0.15, 0.2) is 5.96 Å². The molecule has 2 aliphatic heterocycles. The molecule has 2 rings (SSSR count). The van der Waals surface area contributed by atoms with Crippen LogP contribution in [0.5, 0.6) is 0 Å². The minimum absolute atomic E-state index is 0.165. The summed E-state index contributed by atoms with van der Waals surface area (Å²) in [5.41, 5.74) is -0.165. The summed E-state index contributed by atoms with van der Waals surface area (Å²) in [6, 6.07) is 0. The number of guanidine groups is 1. The van der Waals surface area contributed by atoms with Crippen molar-refractivity contribution in [1.29, 1.82) is 0 Å². The second-order valence-corrected chi connectivity index (χ2v) is 4.05. The molecule has 5 nitrogen and oxygen atoms in total. The zero-order valence-electron chi connectivity index (χ0n) is 9.21. The van der Waals surface area contributed by atoms with Gasteiger partial charge < -0.3 is 20.1 Å². The molecule has 0 aromatic carbocycles. The first kappa shape index (κ1) is 10.7. The van der Waals surface area contributed by atoms with Gasteiger partial charge in [-0.1, -0.05) is 0 Å². The molecule has 0 spiro atoms. The predicted octanol–water partition coefficient (Wildman–Crippen LogP) is -0.269. The van der Waals surface area contributed by atoms with Crippen LogP contribution in [0.25, 0.3) is 0 Å². The Bertz CT molecular complexity index is 237. The van der Waals surface area contributed by atoms with Crippen molar-refractivity contribution in [2.75, 3.05) is 40.0 Å². The largest absolute Gasteiger partial charge is 0.378 e. The lowest BCUT2D eigenvalue weighted by molar-refractivity contribution is -0.0128. The summed E-state index contributed by atoms with van der Waals surface area (Å²) >= 11 is 0. The van der Waals surface area contributed by atoms with E-state index in [1.807, 2.05) is 0 Å². The topological polar surface area (TPSA) is 54.9 Å². The summed E-state index contributed by atoms with van der Waals surface area (Å²) in [6.45, 7) is 4.13. The average molecular weight is 213 g/mol. The smallest absolute Gasteiger partial charge is 0.191 e. The molecule has 86 valence electrons. The van der Waals surface area contributed by atoms with E-state index < -0.39 is 0 Å². The molecule has 0 aliphatic carbocycles. The maximum Gasteiger partial charge on any atom is 0.191 e. The van der Waals surface area contributed by atoms with Crippen LogP contribution >= 0.6 is 0 Å². The summed E-state index contributed by atoms with van der Waals surface area (Å²) in [4.78, 5) is 4.35. The summed E-state index contributed by atoms with van der Waals surface area (Å²) in [5.74, 6) is 0.893. The van der Waals surface area contributed by atoms with Crippen molar-refractivity contribution >= 4 is 5.96 Å². The Labute approximate surface area is 90.2 Å². The molecule has 1 fully saturated rings. The van der Waals surface area contributed by atoms with E-state index in [-0.39, 0.29) is 5.60 Å². The summed E-state index contributed by atoms with van der Waals surface area (Å²) < 4.78 is 10.9. The highest BCUT2D eigenvalue weighted by Crippen LogP contribution is 2.21. The fraction of sp³-hybridized carbons (Fsp3) is 0.900. The fourth-order valence-electron chi connectivity index (χ4n) is 1.86. The predicted molar refractivity (Wildman–Crippen MR) is 58.1 cm³/mol. The number of rotatable bonds is 3. The van der Waals surface area contributed by atoms with Crippen LogP contribution in [0.3, 0.4) is 0 Å². The third kappa shape index (κ3) is 2.60. The van der Waals surface area contributed by atoms with Crippen LogP contribution in [0.2, 0.25) is 0 Å². The molecule has 2 heterocycles. The monoisotopic (exact) mass is 213 g/mol. The molecule has 5 heteroatoms. The molecule has 0 aromatic heterocycles. The van der Waals surface area contributed by atoms with Crippen molar-refractivity contribution in [2.45, 2.75) is 18.4 Å². The standard InChI is InChI=1S/C10H19N3O2/c1-14-10(3-6-15-8-10)7-13-9-11-4-2-5-12-9/h2-8H2,1H3,(H2,11,12,13). The Kier molecular flexibility index (Phi) is 3.43. The number of ether oxygens (including phenoxy) is 2. The highest BCUT2D eigenvalue weighted by atomic mass is 16.5. The SMILES string of the molecule is COC1(CNC2=NCCCN2)CCOC1. The van der Waals surface area contributed by atoms with Crippen molar-refractivity contribution in [3.05, 3.63) is 0 Å². The first-order chi connectivity index (χ1) is 7.35. The van der Waals surface area contributed by atoms with E-state index in [0.717, 1.165) is 45.0 Å². The van der Waals surface area contributed by atoms with Gasteiger partial charge in [0.25, 0.3) is 0 Å². The van der Waals surface area contributed by atoms with Gasteiger partial charge >= 0.3 is 0 Å². The average Bonchev–Trinajstić information content (AvgIpc) is 2.77. The number of aliphatic imine (C=N–C) groups is 1. The molecule has 2 N–H and O–H groups in total. The number of nitrogens with zero attached hydrogens (tertiary/aromatic N) is 1. The molecule has 0 aromatic rings. The normalized spacial score (nSPS) is 30.9. The van der Waals surface area contributed by atoms with E-state index in [4.69, 9.17) is 9.47 Å². The van der Waals surface area contributed by atoms with Gasteiger partial charge in [0.05, 0.1) is 6.61 Å². The Morgan fingerprint density at radius 2 is 2.60 bits per heavy atom. The minimum Gasteiger partial charge on any atom is -0.378 e. The minimum atomic E-state index is -0.165. The molecule has 0 radical (unpaired) electrons. The molecule has 2 aliphatic rings. The summed E-state index contributed by atoms with van der Waals surface area (Å²) in [5, 5.41) is 6.52. The van der Waals surface area contributed by atoms with Gasteiger partial charge in [-0.3, -0.25) is 4.99 Å². The molecule has 0 amide bonds. The zero-order chi connectivity index (χ0) is 10.6. The summed E-state index contributed by atoms with van der Waals surface area (Å²) in [6.07, 6.45) is 2.06. The lowest BCUT2D eigenvalue weighted by Gasteiger charge is -2.27. The first-order valence-electron chi connectivity index (χ1n) is 5.50. The van der Waals surface area contributed by atoms with E-state index in [1.165, 1.54) is 0 Å². The number of hydrogen-bond donors (Lipinski definition) is 2. The summed E-state index contributed by atoms with van der Waals surface area (Å²) in [7, 11) is 1.74. The van der Waals surface area contributed by atoms with E-state index in [1.54, 1.807) is 7.11 Å². The maximum atomic E-state index is 5.52. The van der Waals surface area contributed by atoms with E-state index in [0.29, 0.717) is 6.61 Å². The van der Waals surface area contributed by atoms with Crippen molar-refractivity contribution in [2.24, 2.45) is 4.99 Å². The number of methoxy groups -OCH3 is 1. The molecular formula is C10H19N3O2. The van der Waals surface area contributed by atoms with E-state index in [2.05, 4.69) is 15.6 Å². The first-order valence-corrected chi connectivity index (χ1v) is 5.50. The van der Waals surface area contributed by atoms with Crippen LogP contribution < -0.4 is 10.6 Å². The second kappa shape index (κ2) is 4.81. The third-order valence-corrected chi connectivity index (χ3v) is 2.98. The Balaban J connectivity index is 1.82. The van der Waals surface area contributed by atoms with Gasteiger partial charge in [-0.25, -0.2) is 0 Å². The maximum absolute atomic E-state index is 5.52. The van der Waals surface area contributed by atoms with E-state index in [9.17, 15) is 0 Å². The molecule has 0 bridgehead atoms.